The van der Waals surface area contributed by atoms with Gasteiger partial charge in [-0.2, -0.15) is 11.8 Å². The van der Waals surface area contributed by atoms with Crippen molar-refractivity contribution in [2.75, 3.05) is 18.8 Å². The van der Waals surface area contributed by atoms with E-state index in [0.29, 0.717) is 11.8 Å². The van der Waals surface area contributed by atoms with Crippen molar-refractivity contribution in [1.29, 1.82) is 0 Å². The molecule has 1 aliphatic rings. The van der Waals surface area contributed by atoms with Crippen LogP contribution in [-0.2, 0) is 4.79 Å². The molecule has 0 aromatic carbocycles. The van der Waals surface area contributed by atoms with E-state index in [-0.39, 0.29) is 11.3 Å². The van der Waals surface area contributed by atoms with E-state index in [1.165, 1.54) is 18.6 Å². The van der Waals surface area contributed by atoms with Gasteiger partial charge in [-0.05, 0) is 31.4 Å². The maximum atomic E-state index is 12.1. The summed E-state index contributed by atoms with van der Waals surface area (Å²) >= 11 is 1.97. The smallest absolute Gasteiger partial charge is 0.227 e. The number of carbonyl (C=O) groups is 1. The van der Waals surface area contributed by atoms with Gasteiger partial charge in [0.2, 0.25) is 5.91 Å². The molecule has 1 rings (SSSR count). The molecule has 0 aromatic heterocycles. The molecule has 1 fully saturated rings. The summed E-state index contributed by atoms with van der Waals surface area (Å²) in [6.45, 7) is 5.34. The minimum atomic E-state index is -0.344. The average Bonchev–Trinajstić information content (AvgIpc) is 2.82. The molecular weight excluding hydrogens is 220 g/mol. The van der Waals surface area contributed by atoms with Crippen molar-refractivity contribution in [2.24, 2.45) is 11.1 Å². The monoisotopic (exact) mass is 244 g/mol. The first-order valence-electron chi connectivity index (χ1n) is 6.28. The Kier molecular flexibility index (Phi) is 5.62. The van der Waals surface area contributed by atoms with Crippen LogP contribution in [0.15, 0.2) is 0 Å². The normalized spacial score (nSPS) is 21.1. The summed E-state index contributed by atoms with van der Waals surface area (Å²) in [5.41, 5.74) is 5.40. The number of nitrogens with two attached hydrogens (primary N) is 1. The van der Waals surface area contributed by atoms with E-state index in [1.807, 2.05) is 25.6 Å². The summed E-state index contributed by atoms with van der Waals surface area (Å²) in [6, 6.07) is 0. The van der Waals surface area contributed by atoms with Crippen LogP contribution in [0.4, 0.5) is 0 Å². The van der Waals surface area contributed by atoms with Crippen LogP contribution in [0.1, 0.15) is 39.5 Å². The summed E-state index contributed by atoms with van der Waals surface area (Å²) in [5.74, 6) is 1.39. The summed E-state index contributed by atoms with van der Waals surface area (Å²) in [5, 5.41) is 3.70. The fourth-order valence-electron chi connectivity index (χ4n) is 2.15. The third kappa shape index (κ3) is 3.14. The molecule has 1 heterocycles. The summed E-state index contributed by atoms with van der Waals surface area (Å²) < 4.78 is 0. The SMILES string of the molecule is CCC(CC)(CN)C(=O)NCC1CCCS1. The van der Waals surface area contributed by atoms with Crippen molar-refractivity contribution in [1.82, 2.24) is 5.32 Å². The first kappa shape index (κ1) is 13.8. The number of amides is 1. The lowest BCUT2D eigenvalue weighted by Crippen LogP contribution is -2.46. The van der Waals surface area contributed by atoms with Crippen LogP contribution in [0.5, 0.6) is 0 Å². The number of hydrogen-bond acceptors (Lipinski definition) is 3. The van der Waals surface area contributed by atoms with Crippen LogP contribution in [0, 0.1) is 5.41 Å². The zero-order valence-corrected chi connectivity index (χ0v) is 11.2. The standard InChI is InChI=1S/C12H24N2OS/c1-3-12(4-2,9-13)11(15)14-8-10-6-5-7-16-10/h10H,3-9,13H2,1-2H3,(H,14,15). The lowest BCUT2D eigenvalue weighted by Gasteiger charge is -2.29. The number of thioether (sulfide) groups is 1. The van der Waals surface area contributed by atoms with E-state index < -0.39 is 0 Å². The van der Waals surface area contributed by atoms with Gasteiger partial charge >= 0.3 is 0 Å². The van der Waals surface area contributed by atoms with Gasteiger partial charge < -0.3 is 11.1 Å². The molecule has 3 N–H and O–H groups in total. The second-order valence-corrected chi connectivity index (χ2v) is 5.94. The Hall–Kier alpha value is -0.220. The number of carbonyl (C=O) groups excluding carboxylic acids is 1. The number of rotatable bonds is 6. The van der Waals surface area contributed by atoms with Crippen LogP contribution >= 0.6 is 11.8 Å². The van der Waals surface area contributed by atoms with Gasteiger partial charge in [0.25, 0.3) is 0 Å². The van der Waals surface area contributed by atoms with Crippen LogP contribution in [0.3, 0.4) is 0 Å². The Morgan fingerprint density at radius 3 is 2.62 bits per heavy atom. The van der Waals surface area contributed by atoms with E-state index in [4.69, 9.17) is 5.73 Å². The lowest BCUT2D eigenvalue weighted by molar-refractivity contribution is -0.131. The molecule has 1 atom stereocenters. The predicted octanol–water partition coefficient (Wildman–Crippen LogP) is 1.76. The zero-order valence-electron chi connectivity index (χ0n) is 10.4. The third-order valence-electron chi connectivity index (χ3n) is 3.74. The van der Waals surface area contributed by atoms with Crippen molar-refractivity contribution in [3.63, 3.8) is 0 Å². The van der Waals surface area contributed by atoms with Gasteiger partial charge in [-0.3, -0.25) is 4.79 Å². The molecule has 0 spiro atoms. The van der Waals surface area contributed by atoms with Crippen LogP contribution in [0.25, 0.3) is 0 Å². The molecule has 1 amide bonds. The molecule has 0 bridgehead atoms. The van der Waals surface area contributed by atoms with E-state index in [9.17, 15) is 4.79 Å². The molecule has 1 unspecified atom stereocenters. The predicted molar refractivity (Wildman–Crippen MR) is 70.6 cm³/mol. The highest BCUT2D eigenvalue weighted by Gasteiger charge is 2.33. The molecule has 4 heteroatoms. The fourth-order valence-corrected chi connectivity index (χ4v) is 3.35. The Balaban J connectivity index is 2.42. The minimum Gasteiger partial charge on any atom is -0.354 e. The van der Waals surface area contributed by atoms with E-state index in [0.717, 1.165) is 19.4 Å². The number of nitrogens with one attached hydrogen (secondary N) is 1. The van der Waals surface area contributed by atoms with E-state index in [1.54, 1.807) is 0 Å². The molecule has 1 saturated heterocycles. The van der Waals surface area contributed by atoms with Crippen molar-refractivity contribution in [3.05, 3.63) is 0 Å². The summed E-state index contributed by atoms with van der Waals surface area (Å²) in [6.07, 6.45) is 4.17. The Morgan fingerprint density at radius 2 is 2.19 bits per heavy atom. The molecule has 1 aliphatic heterocycles. The highest BCUT2D eigenvalue weighted by molar-refractivity contribution is 8.00. The highest BCUT2D eigenvalue weighted by atomic mass is 32.2. The van der Waals surface area contributed by atoms with E-state index >= 15 is 0 Å². The van der Waals surface area contributed by atoms with Gasteiger partial charge in [-0.25, -0.2) is 0 Å². The maximum Gasteiger partial charge on any atom is 0.227 e. The van der Waals surface area contributed by atoms with Crippen molar-refractivity contribution in [2.45, 2.75) is 44.8 Å². The summed E-state index contributed by atoms with van der Waals surface area (Å²) in [7, 11) is 0. The maximum absolute atomic E-state index is 12.1. The van der Waals surface area contributed by atoms with Crippen LogP contribution in [-0.4, -0.2) is 30.0 Å². The van der Waals surface area contributed by atoms with Crippen molar-refractivity contribution < 1.29 is 4.79 Å². The van der Waals surface area contributed by atoms with Gasteiger partial charge in [0.05, 0.1) is 5.41 Å². The molecule has 16 heavy (non-hydrogen) atoms. The van der Waals surface area contributed by atoms with Gasteiger partial charge in [0.15, 0.2) is 0 Å². The molecular formula is C12H24N2OS. The summed E-state index contributed by atoms with van der Waals surface area (Å²) in [4.78, 5) is 12.1. The van der Waals surface area contributed by atoms with Crippen molar-refractivity contribution >= 4 is 17.7 Å². The third-order valence-corrected chi connectivity index (χ3v) is 5.14. The zero-order chi connectivity index (χ0) is 12.0. The fraction of sp³-hybridized carbons (Fsp3) is 0.917. The van der Waals surface area contributed by atoms with Gasteiger partial charge in [0, 0.05) is 18.3 Å². The largest absolute Gasteiger partial charge is 0.354 e. The Labute approximate surface area is 103 Å². The quantitative estimate of drug-likeness (QED) is 0.748. The molecule has 0 saturated carbocycles. The molecule has 3 nitrogen and oxygen atoms in total. The number of hydrogen-bond donors (Lipinski definition) is 2. The first-order chi connectivity index (χ1) is 7.68. The minimum absolute atomic E-state index is 0.146. The Bertz CT molecular complexity index is 215. The van der Waals surface area contributed by atoms with Gasteiger partial charge in [0.1, 0.15) is 0 Å². The highest BCUT2D eigenvalue weighted by Crippen LogP contribution is 2.27. The van der Waals surface area contributed by atoms with Crippen LogP contribution < -0.4 is 11.1 Å². The first-order valence-corrected chi connectivity index (χ1v) is 7.33. The van der Waals surface area contributed by atoms with Crippen molar-refractivity contribution in [3.8, 4) is 0 Å². The second kappa shape index (κ2) is 6.50. The lowest BCUT2D eigenvalue weighted by atomic mass is 9.81. The second-order valence-electron chi connectivity index (χ2n) is 4.54. The molecule has 0 aromatic rings. The average molecular weight is 244 g/mol. The molecule has 0 aliphatic carbocycles. The van der Waals surface area contributed by atoms with Gasteiger partial charge in [-0.1, -0.05) is 13.8 Å². The van der Waals surface area contributed by atoms with Crippen LogP contribution in [0.2, 0.25) is 0 Å². The topological polar surface area (TPSA) is 55.1 Å². The molecule has 0 radical (unpaired) electrons. The Morgan fingerprint density at radius 1 is 1.50 bits per heavy atom. The molecule has 94 valence electrons. The van der Waals surface area contributed by atoms with Gasteiger partial charge in [-0.15, -0.1) is 0 Å². The van der Waals surface area contributed by atoms with E-state index in [2.05, 4.69) is 5.32 Å².